The van der Waals surface area contributed by atoms with Gasteiger partial charge in [0.15, 0.2) is 0 Å². The molecule has 2 aromatic carbocycles. The van der Waals surface area contributed by atoms with Gasteiger partial charge in [-0.3, -0.25) is 0 Å². The van der Waals surface area contributed by atoms with E-state index in [1.165, 1.54) is 0 Å². The van der Waals surface area contributed by atoms with E-state index in [0.29, 0.717) is 5.03 Å². The predicted molar refractivity (Wildman–Crippen MR) is 80.2 cm³/mol. The van der Waals surface area contributed by atoms with Crippen LogP contribution in [-0.4, -0.2) is 0 Å². The molecule has 0 aliphatic rings. The molecule has 0 saturated heterocycles. The van der Waals surface area contributed by atoms with E-state index in [4.69, 9.17) is 11.6 Å². The van der Waals surface area contributed by atoms with Gasteiger partial charge in [0.25, 0.3) is 0 Å². The third kappa shape index (κ3) is 2.82. The highest BCUT2D eigenvalue weighted by Crippen LogP contribution is 2.30. The molecule has 0 spiro atoms. The average molecular weight is 256 g/mol. The summed E-state index contributed by atoms with van der Waals surface area (Å²) >= 11 is 5.92. The lowest BCUT2D eigenvalue weighted by atomic mass is 10.0. The third-order valence-corrected chi connectivity index (χ3v) is 2.86. The quantitative estimate of drug-likeness (QED) is 0.741. The number of anilines is 2. The molecule has 0 aliphatic heterocycles. The van der Waals surface area contributed by atoms with Crippen molar-refractivity contribution in [2.75, 3.05) is 5.32 Å². The van der Waals surface area contributed by atoms with Gasteiger partial charge >= 0.3 is 0 Å². The van der Waals surface area contributed by atoms with Gasteiger partial charge in [0, 0.05) is 22.0 Å². The van der Waals surface area contributed by atoms with Crippen LogP contribution in [0.15, 0.2) is 72.8 Å². The lowest BCUT2D eigenvalue weighted by Gasteiger charge is -2.13. The smallest absolute Gasteiger partial charge is 0.0464 e. The SMILES string of the molecule is C=C(Cl)C(=C)c1ccccc1Nc1ccccc1. The Labute approximate surface area is 112 Å². The molecule has 0 unspecified atom stereocenters. The Morgan fingerprint density at radius 2 is 1.50 bits per heavy atom. The van der Waals surface area contributed by atoms with Crippen LogP contribution in [0.4, 0.5) is 11.4 Å². The zero-order valence-corrected chi connectivity index (χ0v) is 10.7. The van der Waals surface area contributed by atoms with Crippen molar-refractivity contribution in [1.29, 1.82) is 0 Å². The molecule has 90 valence electrons. The van der Waals surface area contributed by atoms with Gasteiger partial charge in [-0.15, -0.1) is 0 Å². The number of hydrogen-bond donors (Lipinski definition) is 1. The summed E-state index contributed by atoms with van der Waals surface area (Å²) < 4.78 is 0. The van der Waals surface area contributed by atoms with Crippen LogP contribution < -0.4 is 5.32 Å². The molecular formula is C16H14ClN. The first-order valence-corrected chi connectivity index (χ1v) is 6.01. The second-order valence-electron chi connectivity index (χ2n) is 3.92. The van der Waals surface area contributed by atoms with Crippen LogP contribution in [-0.2, 0) is 0 Å². The maximum absolute atomic E-state index is 5.92. The molecular weight excluding hydrogens is 242 g/mol. The summed E-state index contributed by atoms with van der Waals surface area (Å²) in [5, 5.41) is 3.80. The number of hydrogen-bond acceptors (Lipinski definition) is 1. The first-order chi connectivity index (χ1) is 8.68. The summed E-state index contributed by atoms with van der Waals surface area (Å²) in [6.07, 6.45) is 0. The van der Waals surface area contributed by atoms with Gasteiger partial charge in [-0.2, -0.15) is 0 Å². The second-order valence-corrected chi connectivity index (χ2v) is 4.38. The van der Waals surface area contributed by atoms with Gasteiger partial charge in [-0.05, 0) is 23.8 Å². The van der Waals surface area contributed by atoms with Crippen LogP contribution in [0.25, 0.3) is 5.57 Å². The van der Waals surface area contributed by atoms with Crippen molar-refractivity contribution in [1.82, 2.24) is 0 Å². The van der Waals surface area contributed by atoms with Crippen LogP contribution in [0.5, 0.6) is 0 Å². The Bertz CT molecular complexity index is 573. The molecule has 0 aromatic heterocycles. The van der Waals surface area contributed by atoms with Crippen molar-refractivity contribution >= 4 is 28.5 Å². The second kappa shape index (κ2) is 5.56. The molecule has 18 heavy (non-hydrogen) atoms. The largest absolute Gasteiger partial charge is 0.355 e. The van der Waals surface area contributed by atoms with Crippen molar-refractivity contribution in [3.8, 4) is 0 Å². The highest BCUT2D eigenvalue weighted by Gasteiger charge is 2.07. The van der Waals surface area contributed by atoms with E-state index in [1.807, 2.05) is 54.6 Å². The summed E-state index contributed by atoms with van der Waals surface area (Å²) in [6.45, 7) is 7.67. The first kappa shape index (κ1) is 12.5. The molecule has 0 aliphatic carbocycles. The zero-order valence-electron chi connectivity index (χ0n) is 9.99. The molecule has 2 aromatic rings. The molecule has 0 fully saturated rings. The van der Waals surface area contributed by atoms with Crippen molar-refractivity contribution in [2.24, 2.45) is 0 Å². The maximum Gasteiger partial charge on any atom is 0.0464 e. The van der Waals surface area contributed by atoms with E-state index in [0.717, 1.165) is 22.5 Å². The number of para-hydroxylation sites is 2. The molecule has 0 bridgehead atoms. The summed E-state index contributed by atoms with van der Waals surface area (Å²) in [4.78, 5) is 0. The van der Waals surface area contributed by atoms with Crippen LogP contribution in [0, 0.1) is 0 Å². The first-order valence-electron chi connectivity index (χ1n) is 5.63. The van der Waals surface area contributed by atoms with E-state index in [2.05, 4.69) is 18.5 Å². The summed E-state index contributed by atoms with van der Waals surface area (Å²) in [5.41, 5.74) is 3.69. The number of rotatable bonds is 4. The predicted octanol–water partition coefficient (Wildman–Crippen LogP) is 5.20. The van der Waals surface area contributed by atoms with E-state index in [1.54, 1.807) is 0 Å². The fourth-order valence-electron chi connectivity index (χ4n) is 1.68. The molecule has 2 rings (SSSR count). The van der Waals surface area contributed by atoms with Crippen molar-refractivity contribution < 1.29 is 0 Å². The van der Waals surface area contributed by atoms with Crippen molar-refractivity contribution in [3.63, 3.8) is 0 Å². The lowest BCUT2D eigenvalue weighted by molar-refractivity contribution is 1.52. The van der Waals surface area contributed by atoms with Gasteiger partial charge in [0.05, 0.1) is 0 Å². The molecule has 0 saturated carbocycles. The van der Waals surface area contributed by atoms with Gasteiger partial charge in [-0.25, -0.2) is 0 Å². The minimum atomic E-state index is 0.456. The Hall–Kier alpha value is -1.99. The Balaban J connectivity index is 2.34. The molecule has 1 N–H and O–H groups in total. The zero-order chi connectivity index (χ0) is 13.0. The molecule has 2 heteroatoms. The minimum absolute atomic E-state index is 0.456. The Morgan fingerprint density at radius 1 is 0.889 bits per heavy atom. The number of nitrogens with one attached hydrogen (secondary N) is 1. The Kier molecular flexibility index (Phi) is 3.85. The molecule has 0 atom stereocenters. The molecule has 0 heterocycles. The summed E-state index contributed by atoms with van der Waals surface area (Å²) in [6, 6.07) is 17.9. The fourth-order valence-corrected chi connectivity index (χ4v) is 1.78. The van der Waals surface area contributed by atoms with E-state index in [-0.39, 0.29) is 0 Å². The van der Waals surface area contributed by atoms with Gasteiger partial charge in [0.2, 0.25) is 0 Å². The van der Waals surface area contributed by atoms with Crippen LogP contribution in [0.3, 0.4) is 0 Å². The topological polar surface area (TPSA) is 12.0 Å². The fraction of sp³-hybridized carbons (Fsp3) is 0. The standard InChI is InChI=1S/C16H14ClN/c1-12(13(2)17)15-10-6-7-11-16(15)18-14-8-4-3-5-9-14/h3-11,18H,1-2H2. The van der Waals surface area contributed by atoms with E-state index in [9.17, 15) is 0 Å². The maximum atomic E-state index is 5.92. The summed E-state index contributed by atoms with van der Waals surface area (Å²) in [5.74, 6) is 0. The van der Waals surface area contributed by atoms with Crippen molar-refractivity contribution in [3.05, 3.63) is 78.4 Å². The molecule has 0 radical (unpaired) electrons. The minimum Gasteiger partial charge on any atom is -0.355 e. The third-order valence-electron chi connectivity index (χ3n) is 2.63. The van der Waals surface area contributed by atoms with E-state index >= 15 is 0 Å². The van der Waals surface area contributed by atoms with Crippen molar-refractivity contribution in [2.45, 2.75) is 0 Å². The van der Waals surface area contributed by atoms with Crippen LogP contribution in [0.2, 0.25) is 0 Å². The molecule has 0 amide bonds. The number of benzene rings is 2. The highest BCUT2D eigenvalue weighted by atomic mass is 35.5. The summed E-state index contributed by atoms with van der Waals surface area (Å²) in [7, 11) is 0. The van der Waals surface area contributed by atoms with Gasteiger partial charge in [0.1, 0.15) is 0 Å². The number of allylic oxidation sites excluding steroid dienone is 2. The highest BCUT2D eigenvalue weighted by molar-refractivity contribution is 6.36. The van der Waals surface area contributed by atoms with E-state index < -0.39 is 0 Å². The average Bonchev–Trinajstić information content (AvgIpc) is 2.39. The monoisotopic (exact) mass is 255 g/mol. The van der Waals surface area contributed by atoms with Crippen LogP contribution >= 0.6 is 11.6 Å². The lowest BCUT2D eigenvalue weighted by Crippen LogP contribution is -1.95. The molecule has 1 nitrogen and oxygen atoms in total. The van der Waals surface area contributed by atoms with Gasteiger partial charge < -0.3 is 5.32 Å². The normalized spacial score (nSPS) is 9.83. The Morgan fingerprint density at radius 3 is 2.17 bits per heavy atom. The van der Waals surface area contributed by atoms with Crippen LogP contribution in [0.1, 0.15) is 5.56 Å². The van der Waals surface area contributed by atoms with Gasteiger partial charge in [-0.1, -0.05) is 61.2 Å². The number of halogens is 1.